The first-order chi connectivity index (χ1) is 8.69. The van der Waals surface area contributed by atoms with Crippen LogP contribution in [-0.4, -0.2) is 5.78 Å². The van der Waals surface area contributed by atoms with Crippen LogP contribution in [0.25, 0.3) is 0 Å². The van der Waals surface area contributed by atoms with E-state index in [2.05, 4.69) is 11.8 Å². The van der Waals surface area contributed by atoms with Crippen molar-refractivity contribution in [1.29, 1.82) is 0 Å². The van der Waals surface area contributed by atoms with E-state index in [1.54, 1.807) is 0 Å². The molecule has 0 aromatic carbocycles. The Labute approximate surface area is 111 Å². The Bertz CT molecular complexity index is 360. The third-order valence-electron chi connectivity index (χ3n) is 5.44. The fourth-order valence-electron chi connectivity index (χ4n) is 5.34. The van der Waals surface area contributed by atoms with Crippen molar-refractivity contribution in [3.63, 3.8) is 0 Å². The molecule has 0 aliphatic heterocycles. The molecule has 4 bridgehead atoms. The molecule has 4 saturated carbocycles. The van der Waals surface area contributed by atoms with Gasteiger partial charge in [0.15, 0.2) is 0 Å². The van der Waals surface area contributed by atoms with Gasteiger partial charge in [0.1, 0.15) is 5.78 Å². The van der Waals surface area contributed by atoms with Gasteiger partial charge in [-0.05, 0) is 68.6 Å². The molecule has 4 aliphatic carbocycles. The molecule has 0 heterocycles. The summed E-state index contributed by atoms with van der Waals surface area (Å²) in [7, 11) is 0. The third-order valence-corrected chi connectivity index (χ3v) is 5.44. The highest BCUT2D eigenvalue weighted by atomic mass is 16.1. The lowest BCUT2D eigenvalue weighted by Crippen LogP contribution is -2.46. The van der Waals surface area contributed by atoms with Crippen LogP contribution in [-0.2, 0) is 4.79 Å². The van der Waals surface area contributed by atoms with Crippen LogP contribution in [0.5, 0.6) is 0 Å². The van der Waals surface area contributed by atoms with Crippen molar-refractivity contribution in [1.82, 2.24) is 0 Å². The van der Waals surface area contributed by atoms with Gasteiger partial charge in [0, 0.05) is 19.3 Å². The van der Waals surface area contributed by atoms with Crippen molar-refractivity contribution >= 4 is 5.78 Å². The molecular formula is C17H24O. The molecule has 0 radical (unpaired) electrons. The van der Waals surface area contributed by atoms with Gasteiger partial charge in [0.2, 0.25) is 0 Å². The second-order valence-electron chi connectivity index (χ2n) is 7.06. The number of rotatable bonds is 4. The Hall–Kier alpha value is -0.770. The van der Waals surface area contributed by atoms with Gasteiger partial charge in [0.05, 0.1) is 0 Å². The van der Waals surface area contributed by atoms with Crippen LogP contribution in [0.4, 0.5) is 0 Å². The summed E-state index contributed by atoms with van der Waals surface area (Å²) in [5.41, 5.74) is 0.422. The predicted octanol–water partition coefficient (Wildman–Crippen LogP) is 3.97. The Morgan fingerprint density at radius 1 is 1.11 bits per heavy atom. The quantitative estimate of drug-likeness (QED) is 0.684. The van der Waals surface area contributed by atoms with Crippen LogP contribution in [0, 0.1) is 35.0 Å². The molecule has 0 N–H and O–H groups in total. The molecule has 0 aromatic rings. The molecule has 1 nitrogen and oxygen atoms in total. The van der Waals surface area contributed by atoms with Crippen molar-refractivity contribution in [2.24, 2.45) is 23.2 Å². The number of ketones is 1. The van der Waals surface area contributed by atoms with Gasteiger partial charge in [-0.1, -0.05) is 0 Å². The maximum Gasteiger partial charge on any atom is 0.134 e. The fourth-order valence-corrected chi connectivity index (χ4v) is 5.34. The van der Waals surface area contributed by atoms with Crippen LogP contribution in [0.15, 0.2) is 0 Å². The predicted molar refractivity (Wildman–Crippen MR) is 72.9 cm³/mol. The maximum atomic E-state index is 12.1. The van der Waals surface area contributed by atoms with Gasteiger partial charge in [-0.3, -0.25) is 4.79 Å². The van der Waals surface area contributed by atoms with Gasteiger partial charge < -0.3 is 0 Å². The summed E-state index contributed by atoms with van der Waals surface area (Å²) in [4.78, 5) is 12.1. The minimum absolute atomic E-state index is 0.422. The fraction of sp³-hybridized carbons (Fsp3) is 0.824. The SMILES string of the molecule is CC#CCCC(=O)CC12CC3CC(CC(C3)C1)C2. The molecule has 4 aliphatic rings. The van der Waals surface area contributed by atoms with E-state index in [0.29, 0.717) is 17.6 Å². The Morgan fingerprint density at radius 3 is 2.17 bits per heavy atom. The molecule has 0 amide bonds. The lowest BCUT2D eigenvalue weighted by atomic mass is 9.48. The molecular weight excluding hydrogens is 220 g/mol. The summed E-state index contributed by atoms with van der Waals surface area (Å²) in [6.45, 7) is 1.85. The number of Topliss-reactive ketones (excluding diaryl/α,β-unsaturated/α-hetero) is 1. The molecule has 0 unspecified atom stereocenters. The van der Waals surface area contributed by atoms with Crippen molar-refractivity contribution < 1.29 is 4.79 Å². The van der Waals surface area contributed by atoms with Crippen molar-refractivity contribution in [3.05, 3.63) is 0 Å². The van der Waals surface area contributed by atoms with Crippen LogP contribution in [0.3, 0.4) is 0 Å². The monoisotopic (exact) mass is 244 g/mol. The summed E-state index contributed by atoms with van der Waals surface area (Å²) >= 11 is 0. The molecule has 0 spiro atoms. The Morgan fingerprint density at radius 2 is 1.67 bits per heavy atom. The molecule has 0 aromatic heterocycles. The van der Waals surface area contributed by atoms with Gasteiger partial charge in [-0.25, -0.2) is 0 Å². The average Bonchev–Trinajstić information content (AvgIpc) is 2.26. The lowest BCUT2D eigenvalue weighted by Gasteiger charge is -2.56. The summed E-state index contributed by atoms with van der Waals surface area (Å²) < 4.78 is 0. The van der Waals surface area contributed by atoms with E-state index in [1.165, 1.54) is 38.5 Å². The van der Waals surface area contributed by atoms with Gasteiger partial charge in [-0.2, -0.15) is 0 Å². The van der Waals surface area contributed by atoms with Crippen LogP contribution < -0.4 is 0 Å². The van der Waals surface area contributed by atoms with Gasteiger partial charge in [0.25, 0.3) is 0 Å². The first-order valence-corrected chi connectivity index (χ1v) is 7.60. The zero-order valence-electron chi connectivity index (χ0n) is 11.5. The van der Waals surface area contributed by atoms with Crippen LogP contribution in [0.2, 0.25) is 0 Å². The standard InChI is InChI=1S/C17H24O/c1-2-3-4-5-16(18)12-17-9-13-6-14(10-17)8-15(7-13)11-17/h13-15H,4-12H2,1H3. The van der Waals surface area contributed by atoms with E-state index < -0.39 is 0 Å². The number of hydrogen-bond acceptors (Lipinski definition) is 1. The smallest absolute Gasteiger partial charge is 0.134 e. The molecule has 18 heavy (non-hydrogen) atoms. The van der Waals surface area contributed by atoms with Gasteiger partial charge >= 0.3 is 0 Å². The number of carbonyl (C=O) groups is 1. The van der Waals surface area contributed by atoms with E-state index in [1.807, 2.05) is 6.92 Å². The van der Waals surface area contributed by atoms with E-state index in [4.69, 9.17) is 0 Å². The highest BCUT2D eigenvalue weighted by molar-refractivity contribution is 5.79. The van der Waals surface area contributed by atoms with E-state index in [-0.39, 0.29) is 0 Å². The summed E-state index contributed by atoms with van der Waals surface area (Å²) in [6, 6.07) is 0. The van der Waals surface area contributed by atoms with E-state index in [9.17, 15) is 4.79 Å². The van der Waals surface area contributed by atoms with Crippen molar-refractivity contribution in [2.45, 2.75) is 64.7 Å². The largest absolute Gasteiger partial charge is 0.300 e. The molecule has 4 rings (SSSR count). The van der Waals surface area contributed by atoms with Crippen molar-refractivity contribution in [3.8, 4) is 11.8 Å². The summed E-state index contributed by atoms with van der Waals surface area (Å²) in [5.74, 6) is 9.24. The second kappa shape index (κ2) is 4.72. The minimum Gasteiger partial charge on any atom is -0.300 e. The minimum atomic E-state index is 0.422. The second-order valence-corrected chi connectivity index (χ2v) is 7.06. The average molecular weight is 244 g/mol. The normalized spacial score (nSPS) is 40.4. The highest BCUT2D eigenvalue weighted by Gasteiger charge is 2.51. The molecule has 0 saturated heterocycles. The van der Waals surface area contributed by atoms with Crippen LogP contribution >= 0.6 is 0 Å². The van der Waals surface area contributed by atoms with E-state index in [0.717, 1.165) is 30.6 Å². The first kappa shape index (κ1) is 12.3. The van der Waals surface area contributed by atoms with Crippen molar-refractivity contribution in [2.75, 3.05) is 0 Å². The van der Waals surface area contributed by atoms with E-state index >= 15 is 0 Å². The molecule has 1 heteroatoms. The van der Waals surface area contributed by atoms with Crippen LogP contribution in [0.1, 0.15) is 64.7 Å². The first-order valence-electron chi connectivity index (χ1n) is 7.60. The highest BCUT2D eigenvalue weighted by Crippen LogP contribution is 2.61. The number of carbonyl (C=O) groups excluding carboxylic acids is 1. The molecule has 0 atom stereocenters. The summed E-state index contributed by atoms with van der Waals surface area (Å²) in [6.07, 6.45) is 10.8. The zero-order valence-corrected chi connectivity index (χ0v) is 11.5. The third kappa shape index (κ3) is 2.35. The topological polar surface area (TPSA) is 17.1 Å². The number of hydrogen-bond donors (Lipinski definition) is 0. The Kier molecular flexibility index (Phi) is 3.22. The molecule has 98 valence electrons. The maximum absolute atomic E-state index is 12.1. The Balaban J connectivity index is 1.61. The molecule has 4 fully saturated rings. The van der Waals surface area contributed by atoms with Gasteiger partial charge in [-0.15, -0.1) is 11.8 Å². The zero-order chi connectivity index (χ0) is 12.6. The lowest BCUT2D eigenvalue weighted by molar-refractivity contribution is -0.127. The summed E-state index contributed by atoms with van der Waals surface area (Å²) in [5, 5.41) is 0.